The highest BCUT2D eigenvalue weighted by Gasteiger charge is 2.19. The SMILES string of the molecule is CCCCCCNC(=O)c1cc(-c2ccc(Cl)cc2)n(-c2cccc(OC)c2)c1C. The van der Waals surface area contributed by atoms with E-state index in [0.29, 0.717) is 17.1 Å². The first-order valence-electron chi connectivity index (χ1n) is 10.5. The number of hydrogen-bond acceptors (Lipinski definition) is 2. The topological polar surface area (TPSA) is 43.3 Å². The van der Waals surface area contributed by atoms with Crippen LogP contribution in [0.2, 0.25) is 5.02 Å². The van der Waals surface area contributed by atoms with Gasteiger partial charge in [-0.2, -0.15) is 0 Å². The second-order valence-electron chi connectivity index (χ2n) is 7.39. The van der Waals surface area contributed by atoms with Gasteiger partial charge in [0.15, 0.2) is 0 Å². The molecule has 0 saturated heterocycles. The molecule has 30 heavy (non-hydrogen) atoms. The second-order valence-corrected chi connectivity index (χ2v) is 7.83. The van der Waals surface area contributed by atoms with Gasteiger partial charge in [-0.25, -0.2) is 0 Å². The van der Waals surface area contributed by atoms with Crippen molar-refractivity contribution in [2.45, 2.75) is 39.5 Å². The first kappa shape index (κ1) is 22.0. The summed E-state index contributed by atoms with van der Waals surface area (Å²) in [6, 6.07) is 17.5. The van der Waals surface area contributed by atoms with Crippen molar-refractivity contribution in [3.63, 3.8) is 0 Å². The van der Waals surface area contributed by atoms with Gasteiger partial charge in [-0.15, -0.1) is 0 Å². The molecule has 0 saturated carbocycles. The molecule has 0 aliphatic carbocycles. The number of halogens is 1. The normalized spacial score (nSPS) is 10.8. The van der Waals surface area contributed by atoms with Gasteiger partial charge in [-0.05, 0) is 49.2 Å². The van der Waals surface area contributed by atoms with Gasteiger partial charge >= 0.3 is 0 Å². The molecule has 0 atom stereocenters. The molecule has 1 N–H and O–H groups in total. The zero-order valence-corrected chi connectivity index (χ0v) is 18.6. The number of nitrogens with zero attached hydrogens (tertiary/aromatic N) is 1. The summed E-state index contributed by atoms with van der Waals surface area (Å²) in [5.41, 5.74) is 4.44. The standard InChI is InChI=1S/C25H29ClN2O2/c1-4-5-6-7-15-27-25(29)23-17-24(19-11-13-20(26)14-12-19)28(18(23)2)21-9-8-10-22(16-21)30-3/h8-14,16-17H,4-7,15H2,1-3H3,(H,27,29). The zero-order valence-electron chi connectivity index (χ0n) is 17.9. The summed E-state index contributed by atoms with van der Waals surface area (Å²) in [5, 5.41) is 3.76. The molecule has 3 aromatic rings. The number of carbonyl (C=O) groups excluding carboxylic acids is 1. The van der Waals surface area contributed by atoms with Crippen LogP contribution in [0, 0.1) is 6.92 Å². The highest BCUT2D eigenvalue weighted by Crippen LogP contribution is 2.31. The van der Waals surface area contributed by atoms with Crippen molar-refractivity contribution < 1.29 is 9.53 Å². The summed E-state index contributed by atoms with van der Waals surface area (Å²) in [4.78, 5) is 12.9. The van der Waals surface area contributed by atoms with E-state index in [2.05, 4.69) is 16.8 Å². The Hall–Kier alpha value is -2.72. The Morgan fingerprint density at radius 2 is 1.83 bits per heavy atom. The molecule has 0 spiro atoms. The Morgan fingerprint density at radius 3 is 2.53 bits per heavy atom. The van der Waals surface area contributed by atoms with Gasteiger partial charge < -0.3 is 14.6 Å². The van der Waals surface area contributed by atoms with E-state index >= 15 is 0 Å². The highest BCUT2D eigenvalue weighted by molar-refractivity contribution is 6.30. The van der Waals surface area contributed by atoms with Gasteiger partial charge in [0.05, 0.1) is 18.4 Å². The number of benzene rings is 2. The van der Waals surface area contributed by atoms with Gasteiger partial charge in [0.2, 0.25) is 0 Å². The van der Waals surface area contributed by atoms with E-state index in [1.54, 1.807) is 7.11 Å². The molecule has 0 radical (unpaired) electrons. The van der Waals surface area contributed by atoms with E-state index in [0.717, 1.165) is 41.2 Å². The molecule has 0 bridgehead atoms. The summed E-state index contributed by atoms with van der Waals surface area (Å²) in [6.07, 6.45) is 4.51. The van der Waals surface area contributed by atoms with Crippen LogP contribution < -0.4 is 10.1 Å². The van der Waals surface area contributed by atoms with Crippen LogP contribution in [0.5, 0.6) is 5.75 Å². The summed E-state index contributed by atoms with van der Waals surface area (Å²) in [7, 11) is 1.65. The number of aromatic nitrogens is 1. The Morgan fingerprint density at radius 1 is 1.07 bits per heavy atom. The zero-order chi connectivity index (χ0) is 21.5. The molecule has 4 nitrogen and oxygen atoms in total. The predicted octanol–water partition coefficient (Wildman–Crippen LogP) is 6.42. The first-order valence-corrected chi connectivity index (χ1v) is 10.8. The van der Waals surface area contributed by atoms with Crippen molar-refractivity contribution in [1.82, 2.24) is 9.88 Å². The minimum atomic E-state index is -0.0409. The van der Waals surface area contributed by atoms with E-state index in [1.807, 2.05) is 61.5 Å². The third kappa shape index (κ3) is 5.06. The molecular weight excluding hydrogens is 396 g/mol. The fourth-order valence-electron chi connectivity index (χ4n) is 3.60. The predicted molar refractivity (Wildman–Crippen MR) is 124 cm³/mol. The van der Waals surface area contributed by atoms with Crippen LogP contribution in [-0.2, 0) is 0 Å². The van der Waals surface area contributed by atoms with Crippen molar-refractivity contribution >= 4 is 17.5 Å². The van der Waals surface area contributed by atoms with Gasteiger partial charge in [0.25, 0.3) is 5.91 Å². The second kappa shape index (κ2) is 10.4. The van der Waals surface area contributed by atoms with Crippen LogP contribution in [0.15, 0.2) is 54.6 Å². The molecule has 158 valence electrons. The summed E-state index contributed by atoms with van der Waals surface area (Å²) in [6.45, 7) is 4.85. The number of unbranched alkanes of at least 4 members (excludes halogenated alkanes) is 3. The third-order valence-corrected chi connectivity index (χ3v) is 5.51. The molecule has 0 aliphatic heterocycles. The lowest BCUT2D eigenvalue weighted by Crippen LogP contribution is -2.24. The number of carbonyl (C=O) groups is 1. The van der Waals surface area contributed by atoms with E-state index in [1.165, 1.54) is 12.8 Å². The van der Waals surface area contributed by atoms with Crippen LogP contribution in [0.3, 0.4) is 0 Å². The van der Waals surface area contributed by atoms with E-state index in [-0.39, 0.29) is 5.91 Å². The molecular formula is C25H29ClN2O2. The maximum atomic E-state index is 12.9. The maximum absolute atomic E-state index is 12.9. The Labute approximate surface area is 183 Å². The van der Waals surface area contributed by atoms with E-state index in [4.69, 9.17) is 16.3 Å². The lowest BCUT2D eigenvalue weighted by Gasteiger charge is -2.13. The summed E-state index contributed by atoms with van der Waals surface area (Å²) >= 11 is 6.09. The molecule has 2 aromatic carbocycles. The van der Waals surface area contributed by atoms with Crippen LogP contribution >= 0.6 is 11.6 Å². The molecule has 1 heterocycles. The molecule has 0 fully saturated rings. The number of rotatable bonds is 9. The number of ether oxygens (including phenoxy) is 1. The van der Waals surface area contributed by atoms with E-state index < -0.39 is 0 Å². The third-order valence-electron chi connectivity index (χ3n) is 5.26. The molecule has 0 unspecified atom stereocenters. The highest BCUT2D eigenvalue weighted by atomic mass is 35.5. The average molecular weight is 425 g/mol. The average Bonchev–Trinajstić information content (AvgIpc) is 3.11. The molecule has 1 aromatic heterocycles. The number of methoxy groups -OCH3 is 1. The van der Waals surface area contributed by atoms with Crippen LogP contribution in [0.1, 0.15) is 48.7 Å². The number of nitrogens with one attached hydrogen (secondary N) is 1. The quantitative estimate of drug-likeness (QED) is 0.402. The van der Waals surface area contributed by atoms with Gasteiger partial charge in [0.1, 0.15) is 5.75 Å². The number of hydrogen-bond donors (Lipinski definition) is 1. The lowest BCUT2D eigenvalue weighted by molar-refractivity contribution is 0.0952. The number of amides is 1. The van der Waals surface area contributed by atoms with Gasteiger partial charge in [0, 0.05) is 29.0 Å². The Balaban J connectivity index is 1.99. The van der Waals surface area contributed by atoms with Crippen molar-refractivity contribution in [2.75, 3.05) is 13.7 Å². The van der Waals surface area contributed by atoms with Crippen molar-refractivity contribution in [3.8, 4) is 22.7 Å². The molecule has 5 heteroatoms. The van der Waals surface area contributed by atoms with Crippen molar-refractivity contribution in [2.24, 2.45) is 0 Å². The maximum Gasteiger partial charge on any atom is 0.253 e. The summed E-state index contributed by atoms with van der Waals surface area (Å²) < 4.78 is 7.50. The molecule has 0 aliphatic rings. The minimum Gasteiger partial charge on any atom is -0.497 e. The first-order chi connectivity index (χ1) is 14.5. The van der Waals surface area contributed by atoms with Crippen molar-refractivity contribution in [1.29, 1.82) is 0 Å². The van der Waals surface area contributed by atoms with Crippen LogP contribution in [0.25, 0.3) is 16.9 Å². The van der Waals surface area contributed by atoms with Crippen molar-refractivity contribution in [3.05, 3.63) is 70.9 Å². The molecule has 1 amide bonds. The summed E-state index contributed by atoms with van der Waals surface area (Å²) in [5.74, 6) is 0.727. The minimum absolute atomic E-state index is 0.0409. The van der Waals surface area contributed by atoms with Gasteiger partial charge in [-0.1, -0.05) is 56.0 Å². The van der Waals surface area contributed by atoms with Crippen LogP contribution in [0.4, 0.5) is 0 Å². The fraction of sp³-hybridized carbons (Fsp3) is 0.320. The Kier molecular flexibility index (Phi) is 7.58. The van der Waals surface area contributed by atoms with Crippen LogP contribution in [-0.4, -0.2) is 24.1 Å². The lowest BCUT2D eigenvalue weighted by atomic mass is 10.1. The van der Waals surface area contributed by atoms with Gasteiger partial charge in [-0.3, -0.25) is 4.79 Å². The molecule has 3 rings (SSSR count). The monoisotopic (exact) mass is 424 g/mol. The smallest absolute Gasteiger partial charge is 0.253 e. The van der Waals surface area contributed by atoms with E-state index in [9.17, 15) is 4.79 Å². The largest absolute Gasteiger partial charge is 0.497 e. The fourth-order valence-corrected chi connectivity index (χ4v) is 3.73. The Bertz CT molecular complexity index is 993.